The maximum absolute atomic E-state index is 13.8. The summed E-state index contributed by atoms with van der Waals surface area (Å²) in [4.78, 5) is 34.3. The predicted molar refractivity (Wildman–Crippen MR) is 135 cm³/mol. The number of amides is 2. The average molecular weight is 492 g/mol. The standard InChI is InChI=1S/C27H29N3O4S/c1-15-6-5-7-17(10-15)25-24(29-16(2)35-25)27(32)30-19(11-18-12-22(18)30)14-28-26(31)21-9-8-20(33-3)13-23(21)34-4/h5-10,13,18-19,22H,11-12,14H2,1-4H3,(H,28,31)/t18-,19+,22+/m1/s1. The molecule has 2 amide bonds. The van der Waals surface area contributed by atoms with Gasteiger partial charge in [0.05, 0.1) is 35.7 Å². The number of ether oxygens (including phenoxy) is 2. The first-order valence-electron chi connectivity index (χ1n) is 11.8. The zero-order valence-electron chi connectivity index (χ0n) is 20.3. The largest absolute Gasteiger partial charge is 0.497 e. The minimum absolute atomic E-state index is 0.0443. The number of nitrogens with one attached hydrogen (secondary N) is 1. The molecule has 0 unspecified atom stereocenters. The lowest BCUT2D eigenvalue weighted by Gasteiger charge is -2.28. The lowest BCUT2D eigenvalue weighted by Crippen LogP contribution is -2.45. The van der Waals surface area contributed by atoms with Crippen molar-refractivity contribution in [2.24, 2.45) is 5.92 Å². The molecule has 7 nitrogen and oxygen atoms in total. The van der Waals surface area contributed by atoms with E-state index in [2.05, 4.69) is 16.4 Å². The van der Waals surface area contributed by atoms with Gasteiger partial charge in [0.2, 0.25) is 0 Å². The maximum Gasteiger partial charge on any atom is 0.274 e. The molecule has 182 valence electrons. The van der Waals surface area contributed by atoms with Gasteiger partial charge in [-0.1, -0.05) is 29.8 Å². The van der Waals surface area contributed by atoms with Gasteiger partial charge in [-0.25, -0.2) is 4.98 Å². The van der Waals surface area contributed by atoms with Crippen LogP contribution in [0.3, 0.4) is 0 Å². The minimum atomic E-state index is -0.234. The SMILES string of the molecule is COc1ccc(C(=O)NC[C@@H]2C[C@@H]3C[C@@H]3N2C(=O)c2nc(C)sc2-c2cccc(C)c2)c(OC)c1. The molecule has 1 aliphatic carbocycles. The second-order valence-electron chi connectivity index (χ2n) is 9.22. The van der Waals surface area contributed by atoms with Crippen LogP contribution in [0.25, 0.3) is 10.4 Å². The fourth-order valence-corrected chi connectivity index (χ4v) is 5.93. The Kier molecular flexibility index (Phi) is 6.23. The number of thiazole rings is 1. The third kappa shape index (κ3) is 4.50. The van der Waals surface area contributed by atoms with Gasteiger partial charge in [-0.3, -0.25) is 9.59 Å². The number of rotatable bonds is 7. The van der Waals surface area contributed by atoms with Crippen LogP contribution in [-0.2, 0) is 0 Å². The number of aromatic nitrogens is 1. The number of benzene rings is 2. The van der Waals surface area contributed by atoms with Crippen molar-refractivity contribution in [2.45, 2.75) is 38.8 Å². The van der Waals surface area contributed by atoms with Gasteiger partial charge in [0, 0.05) is 18.7 Å². The van der Waals surface area contributed by atoms with Crippen molar-refractivity contribution in [1.82, 2.24) is 15.2 Å². The molecule has 3 aromatic rings. The Morgan fingerprint density at radius 1 is 1.11 bits per heavy atom. The molecule has 1 saturated carbocycles. The molecule has 0 bridgehead atoms. The van der Waals surface area contributed by atoms with Crippen molar-refractivity contribution in [1.29, 1.82) is 0 Å². The fourth-order valence-electron chi connectivity index (χ4n) is 5.03. The molecule has 8 heteroatoms. The molecular formula is C27H29N3O4S. The zero-order chi connectivity index (χ0) is 24.7. The van der Waals surface area contributed by atoms with Crippen LogP contribution in [0.2, 0.25) is 0 Å². The predicted octanol–water partition coefficient (Wildman–Crippen LogP) is 4.48. The third-order valence-corrected chi connectivity index (χ3v) is 7.83. The summed E-state index contributed by atoms with van der Waals surface area (Å²) >= 11 is 1.55. The van der Waals surface area contributed by atoms with E-state index >= 15 is 0 Å². The van der Waals surface area contributed by atoms with Crippen LogP contribution in [0.1, 0.15) is 44.3 Å². The summed E-state index contributed by atoms with van der Waals surface area (Å²) in [7, 11) is 3.10. The Morgan fingerprint density at radius 3 is 2.69 bits per heavy atom. The summed E-state index contributed by atoms with van der Waals surface area (Å²) < 4.78 is 10.6. The number of likely N-dealkylation sites (tertiary alicyclic amines) is 1. The van der Waals surface area contributed by atoms with Crippen LogP contribution in [0.4, 0.5) is 0 Å². The van der Waals surface area contributed by atoms with Crippen molar-refractivity contribution < 1.29 is 19.1 Å². The molecule has 5 rings (SSSR count). The number of aryl methyl sites for hydroxylation is 2. The highest BCUT2D eigenvalue weighted by Gasteiger charge is 2.54. The van der Waals surface area contributed by atoms with E-state index < -0.39 is 0 Å². The molecular weight excluding hydrogens is 462 g/mol. The highest BCUT2D eigenvalue weighted by atomic mass is 32.1. The number of carbonyl (C=O) groups is 2. The number of fused-ring (bicyclic) bond motifs is 1. The Hall–Kier alpha value is -3.39. The Bertz CT molecular complexity index is 1290. The molecule has 1 saturated heterocycles. The van der Waals surface area contributed by atoms with Crippen molar-refractivity contribution in [3.05, 3.63) is 64.3 Å². The van der Waals surface area contributed by atoms with E-state index in [9.17, 15) is 9.59 Å². The Balaban J connectivity index is 1.34. The van der Waals surface area contributed by atoms with Crippen molar-refractivity contribution in [2.75, 3.05) is 20.8 Å². The smallest absolute Gasteiger partial charge is 0.274 e. The summed E-state index contributed by atoms with van der Waals surface area (Å²) in [5.41, 5.74) is 3.11. The van der Waals surface area contributed by atoms with E-state index in [1.54, 1.807) is 36.6 Å². The third-order valence-electron chi connectivity index (χ3n) is 6.81. The molecule has 35 heavy (non-hydrogen) atoms. The molecule has 0 radical (unpaired) electrons. The van der Waals surface area contributed by atoms with Gasteiger partial charge in [0.15, 0.2) is 0 Å². The summed E-state index contributed by atoms with van der Waals surface area (Å²) in [5, 5.41) is 3.89. The molecule has 2 heterocycles. The van der Waals surface area contributed by atoms with Crippen molar-refractivity contribution in [3.8, 4) is 21.9 Å². The Morgan fingerprint density at radius 2 is 1.94 bits per heavy atom. The van der Waals surface area contributed by atoms with Crippen LogP contribution >= 0.6 is 11.3 Å². The monoisotopic (exact) mass is 491 g/mol. The number of carbonyl (C=O) groups excluding carboxylic acids is 2. The molecule has 2 fully saturated rings. The number of nitrogens with zero attached hydrogens (tertiary/aromatic N) is 2. The van der Waals surface area contributed by atoms with E-state index in [1.807, 2.05) is 36.9 Å². The second-order valence-corrected chi connectivity index (χ2v) is 10.4. The average Bonchev–Trinajstić information content (AvgIpc) is 3.35. The summed E-state index contributed by atoms with van der Waals surface area (Å²) in [6, 6.07) is 13.4. The van der Waals surface area contributed by atoms with Crippen LogP contribution in [-0.4, -0.2) is 54.5 Å². The van der Waals surface area contributed by atoms with Gasteiger partial charge < -0.3 is 19.7 Å². The summed E-state index contributed by atoms with van der Waals surface area (Å²) in [6.07, 6.45) is 1.91. The van der Waals surface area contributed by atoms with Gasteiger partial charge in [-0.2, -0.15) is 0 Å². The zero-order valence-corrected chi connectivity index (χ0v) is 21.1. The van der Waals surface area contributed by atoms with E-state index in [0.29, 0.717) is 35.2 Å². The lowest BCUT2D eigenvalue weighted by molar-refractivity contribution is 0.0684. The first-order chi connectivity index (χ1) is 16.9. The van der Waals surface area contributed by atoms with E-state index in [4.69, 9.17) is 9.47 Å². The first-order valence-corrected chi connectivity index (χ1v) is 12.6. The Labute approximate surface area is 209 Å². The number of hydrogen-bond acceptors (Lipinski definition) is 6. The summed E-state index contributed by atoms with van der Waals surface area (Å²) in [5.74, 6) is 1.29. The highest BCUT2D eigenvalue weighted by molar-refractivity contribution is 7.15. The van der Waals surface area contributed by atoms with E-state index in [1.165, 1.54) is 7.11 Å². The first kappa shape index (κ1) is 23.4. The molecule has 0 spiro atoms. The van der Waals surface area contributed by atoms with Gasteiger partial charge >= 0.3 is 0 Å². The number of piperidine rings is 1. The number of hydrogen-bond donors (Lipinski definition) is 1. The van der Waals surface area contributed by atoms with Crippen molar-refractivity contribution >= 4 is 23.2 Å². The molecule has 1 aromatic heterocycles. The molecule has 1 N–H and O–H groups in total. The van der Waals surface area contributed by atoms with Gasteiger partial charge in [0.1, 0.15) is 17.2 Å². The quantitative estimate of drug-likeness (QED) is 0.527. The van der Waals surface area contributed by atoms with Crippen molar-refractivity contribution in [3.63, 3.8) is 0 Å². The van der Waals surface area contributed by atoms with Gasteiger partial charge in [-0.05, 0) is 50.3 Å². The van der Waals surface area contributed by atoms with E-state index in [-0.39, 0.29) is 23.9 Å². The fraction of sp³-hybridized carbons (Fsp3) is 0.370. The highest BCUT2D eigenvalue weighted by Crippen LogP contribution is 2.49. The molecule has 2 aliphatic rings. The number of methoxy groups -OCH3 is 2. The summed E-state index contributed by atoms with van der Waals surface area (Å²) in [6.45, 7) is 4.37. The van der Waals surface area contributed by atoms with Crippen LogP contribution in [0.15, 0.2) is 42.5 Å². The van der Waals surface area contributed by atoms with Crippen LogP contribution in [0.5, 0.6) is 11.5 Å². The van der Waals surface area contributed by atoms with Gasteiger partial charge in [0.25, 0.3) is 11.8 Å². The second kappa shape index (κ2) is 9.34. The topological polar surface area (TPSA) is 80.8 Å². The molecule has 1 aliphatic heterocycles. The van der Waals surface area contributed by atoms with Crippen LogP contribution in [0, 0.1) is 19.8 Å². The molecule has 2 aromatic carbocycles. The van der Waals surface area contributed by atoms with E-state index in [0.717, 1.165) is 33.9 Å². The lowest BCUT2D eigenvalue weighted by atomic mass is 10.1. The molecule has 3 atom stereocenters. The van der Waals surface area contributed by atoms with Gasteiger partial charge in [-0.15, -0.1) is 11.3 Å². The normalized spacial score (nSPS) is 20.3. The maximum atomic E-state index is 13.8. The minimum Gasteiger partial charge on any atom is -0.497 e. The van der Waals surface area contributed by atoms with Crippen LogP contribution < -0.4 is 14.8 Å².